The Kier molecular flexibility index (Phi) is 21.4. The molecule has 0 saturated heterocycles. The van der Waals surface area contributed by atoms with E-state index in [4.69, 9.17) is 14.2 Å². The Hall–Kier alpha value is 0.130. The molecule has 0 spiro atoms. The fourth-order valence-corrected chi connectivity index (χ4v) is 2.93. The average molecular weight is 368 g/mol. The molecule has 5 heteroatoms. The average Bonchev–Trinajstić information content (AvgIpc) is 2.53. The van der Waals surface area contributed by atoms with Crippen LogP contribution in [0, 0.1) is 0 Å². The maximum Gasteiger partial charge on any atom is 0.282 e. The smallest absolute Gasteiger partial charge is 0.282 e. The second kappa shape index (κ2) is 19.5. The number of halogens is 1. The predicted molar refractivity (Wildman–Crippen MR) is 96.2 cm³/mol. The van der Waals surface area contributed by atoms with Crippen molar-refractivity contribution in [2.45, 2.75) is 97.4 Å². The Morgan fingerprint density at radius 3 is 1.25 bits per heavy atom. The van der Waals surface area contributed by atoms with Crippen molar-refractivity contribution in [2.24, 2.45) is 0 Å². The van der Waals surface area contributed by atoms with Gasteiger partial charge in [0.25, 0.3) is 5.97 Å². The molecule has 0 aromatic carbocycles. The van der Waals surface area contributed by atoms with Gasteiger partial charge in [0.15, 0.2) is 0 Å². The number of ether oxygens (including phenoxy) is 3. The van der Waals surface area contributed by atoms with Gasteiger partial charge in [0.1, 0.15) is 0 Å². The molecule has 0 bridgehead atoms. The Balaban J connectivity index is 0. The van der Waals surface area contributed by atoms with Gasteiger partial charge in [-0.15, -0.1) is 0 Å². The van der Waals surface area contributed by atoms with E-state index in [-0.39, 0.29) is 12.4 Å². The molecule has 0 aromatic heterocycles. The van der Waals surface area contributed by atoms with E-state index < -0.39 is 5.97 Å². The molecule has 0 aliphatic heterocycles. The van der Waals surface area contributed by atoms with Crippen molar-refractivity contribution in [3.63, 3.8) is 0 Å². The lowest BCUT2D eigenvalue weighted by Crippen LogP contribution is -3.00. The SMILES string of the molecule is CCOC(CCCCCCCCCCCC[NH3+])(OCC)OCC.[Cl-]. The largest absolute Gasteiger partial charge is 1.00 e. The van der Waals surface area contributed by atoms with Crippen molar-refractivity contribution in [3.05, 3.63) is 0 Å². The monoisotopic (exact) mass is 367 g/mol. The van der Waals surface area contributed by atoms with Gasteiger partial charge in [0, 0.05) is 26.2 Å². The summed E-state index contributed by atoms with van der Waals surface area (Å²) in [5.41, 5.74) is 3.89. The first-order valence-electron chi connectivity index (χ1n) is 9.95. The van der Waals surface area contributed by atoms with Crippen LogP contribution in [0.15, 0.2) is 0 Å². The zero-order valence-corrected chi connectivity index (χ0v) is 17.2. The predicted octanol–water partition coefficient (Wildman–Crippen LogP) is 1.29. The number of rotatable bonds is 18. The summed E-state index contributed by atoms with van der Waals surface area (Å²) >= 11 is 0. The minimum Gasteiger partial charge on any atom is -1.00 e. The quantitative estimate of drug-likeness (QED) is 0.293. The van der Waals surface area contributed by atoms with Gasteiger partial charge in [-0.1, -0.05) is 44.9 Å². The lowest BCUT2D eigenvalue weighted by atomic mass is 10.1. The summed E-state index contributed by atoms with van der Waals surface area (Å²) in [7, 11) is 0. The molecule has 0 amide bonds. The Labute approximate surface area is 156 Å². The van der Waals surface area contributed by atoms with Crippen molar-refractivity contribution in [3.8, 4) is 0 Å². The van der Waals surface area contributed by atoms with E-state index in [1.807, 2.05) is 20.8 Å². The minimum absolute atomic E-state index is 0. The second-order valence-corrected chi connectivity index (χ2v) is 6.12. The molecule has 0 atom stereocenters. The maximum absolute atomic E-state index is 5.75. The molecule has 0 aliphatic carbocycles. The highest BCUT2D eigenvalue weighted by molar-refractivity contribution is 4.59. The van der Waals surface area contributed by atoms with E-state index in [0.717, 1.165) is 19.4 Å². The van der Waals surface area contributed by atoms with Crippen molar-refractivity contribution in [2.75, 3.05) is 26.4 Å². The Bertz CT molecular complexity index is 226. The van der Waals surface area contributed by atoms with Crippen LogP contribution in [0.1, 0.15) is 91.4 Å². The van der Waals surface area contributed by atoms with Crippen LogP contribution in [-0.4, -0.2) is 32.3 Å². The highest BCUT2D eigenvalue weighted by Crippen LogP contribution is 2.24. The summed E-state index contributed by atoms with van der Waals surface area (Å²) in [5.74, 6) is -0.813. The van der Waals surface area contributed by atoms with E-state index in [9.17, 15) is 0 Å². The highest BCUT2D eigenvalue weighted by atomic mass is 35.5. The fourth-order valence-electron chi connectivity index (χ4n) is 2.93. The van der Waals surface area contributed by atoms with E-state index >= 15 is 0 Å². The molecule has 0 aliphatic rings. The topological polar surface area (TPSA) is 55.3 Å². The summed E-state index contributed by atoms with van der Waals surface area (Å²) in [4.78, 5) is 0. The third kappa shape index (κ3) is 14.5. The molecule has 24 heavy (non-hydrogen) atoms. The third-order valence-electron chi connectivity index (χ3n) is 4.08. The van der Waals surface area contributed by atoms with Crippen LogP contribution in [-0.2, 0) is 14.2 Å². The number of unbranched alkanes of at least 4 members (excludes halogenated alkanes) is 9. The van der Waals surface area contributed by atoms with Gasteiger partial charge < -0.3 is 32.4 Å². The second-order valence-electron chi connectivity index (χ2n) is 6.12. The number of hydrogen-bond acceptors (Lipinski definition) is 3. The van der Waals surface area contributed by atoms with Gasteiger partial charge in [-0.25, -0.2) is 0 Å². The van der Waals surface area contributed by atoms with Crippen molar-refractivity contribution < 1.29 is 32.4 Å². The lowest BCUT2D eigenvalue weighted by Gasteiger charge is -2.32. The summed E-state index contributed by atoms with van der Waals surface area (Å²) in [6.45, 7) is 8.92. The van der Waals surface area contributed by atoms with Crippen LogP contribution < -0.4 is 18.1 Å². The Morgan fingerprint density at radius 2 is 0.917 bits per heavy atom. The summed E-state index contributed by atoms with van der Waals surface area (Å²) < 4.78 is 17.3. The van der Waals surface area contributed by atoms with Crippen LogP contribution in [0.25, 0.3) is 0 Å². The maximum atomic E-state index is 5.75. The molecular weight excluding hydrogens is 326 g/mol. The normalized spacial score (nSPS) is 11.5. The standard InChI is InChI=1S/C19H41NO3.ClH/c1-4-21-19(22-5-2,23-6-3)17-15-13-11-9-7-8-10-12-14-16-18-20;/h4-18,20H2,1-3H3;1H. The van der Waals surface area contributed by atoms with Gasteiger partial charge in [0.2, 0.25) is 0 Å². The summed E-state index contributed by atoms with van der Waals surface area (Å²) in [6, 6.07) is 0. The number of quaternary nitrogens is 1. The molecule has 4 nitrogen and oxygen atoms in total. The van der Waals surface area contributed by atoms with Gasteiger partial charge in [-0.05, 0) is 40.0 Å². The highest BCUT2D eigenvalue weighted by Gasteiger charge is 2.31. The van der Waals surface area contributed by atoms with Crippen molar-refractivity contribution in [1.82, 2.24) is 0 Å². The molecule has 0 rings (SSSR count). The van der Waals surface area contributed by atoms with Gasteiger partial charge in [-0.3, -0.25) is 0 Å². The first-order chi connectivity index (χ1) is 11.2. The van der Waals surface area contributed by atoms with Gasteiger partial charge in [-0.2, -0.15) is 0 Å². The molecule has 0 aromatic rings. The van der Waals surface area contributed by atoms with Crippen LogP contribution in [0.4, 0.5) is 0 Å². The van der Waals surface area contributed by atoms with E-state index in [1.54, 1.807) is 0 Å². The van der Waals surface area contributed by atoms with Crippen molar-refractivity contribution in [1.29, 1.82) is 0 Å². The van der Waals surface area contributed by atoms with E-state index in [2.05, 4.69) is 5.73 Å². The lowest BCUT2D eigenvalue weighted by molar-refractivity contribution is -0.380. The van der Waals surface area contributed by atoms with E-state index in [0.29, 0.717) is 19.8 Å². The molecule has 3 N–H and O–H groups in total. The molecule has 0 radical (unpaired) electrons. The minimum atomic E-state index is -0.813. The molecule has 0 saturated carbocycles. The van der Waals surface area contributed by atoms with Crippen LogP contribution in [0.3, 0.4) is 0 Å². The molecule has 148 valence electrons. The summed E-state index contributed by atoms with van der Waals surface area (Å²) in [5, 5.41) is 0. The van der Waals surface area contributed by atoms with Crippen LogP contribution in [0.2, 0.25) is 0 Å². The molecule has 0 fully saturated rings. The molecule has 0 heterocycles. The van der Waals surface area contributed by atoms with Gasteiger partial charge >= 0.3 is 0 Å². The summed E-state index contributed by atoms with van der Waals surface area (Å²) in [6.07, 6.45) is 14.0. The third-order valence-corrected chi connectivity index (χ3v) is 4.08. The number of hydrogen-bond donors (Lipinski definition) is 1. The first kappa shape index (κ1) is 26.4. The van der Waals surface area contributed by atoms with E-state index in [1.165, 1.54) is 57.8 Å². The molecular formula is C19H42ClNO3. The molecule has 0 unspecified atom stereocenters. The zero-order chi connectivity index (χ0) is 17.2. The first-order valence-corrected chi connectivity index (χ1v) is 9.95. The van der Waals surface area contributed by atoms with Crippen LogP contribution >= 0.6 is 0 Å². The Morgan fingerprint density at radius 1 is 0.583 bits per heavy atom. The van der Waals surface area contributed by atoms with Crippen LogP contribution in [0.5, 0.6) is 0 Å². The fraction of sp³-hybridized carbons (Fsp3) is 1.00. The zero-order valence-electron chi connectivity index (χ0n) is 16.4. The van der Waals surface area contributed by atoms with Crippen molar-refractivity contribution >= 4 is 0 Å². The van der Waals surface area contributed by atoms with Gasteiger partial charge in [0.05, 0.1) is 6.54 Å².